The van der Waals surface area contributed by atoms with E-state index in [2.05, 4.69) is 57.8 Å². The zero-order valence-electron chi connectivity index (χ0n) is 19.8. The van der Waals surface area contributed by atoms with Crippen LogP contribution in [0.2, 0.25) is 0 Å². The maximum atomic E-state index is 11.8. The van der Waals surface area contributed by atoms with E-state index in [0.29, 0.717) is 38.0 Å². The Hall–Kier alpha value is -2.68. The van der Waals surface area contributed by atoms with Gasteiger partial charge in [-0.2, -0.15) is 0 Å². The third-order valence-corrected chi connectivity index (χ3v) is 8.02. The number of urea groups is 2. The molecule has 0 saturated heterocycles. The molecule has 2 aromatic heterocycles. The van der Waals surface area contributed by atoms with Crippen LogP contribution in [0.5, 0.6) is 11.5 Å². The highest BCUT2D eigenvalue weighted by atomic mass is 79.9. The lowest BCUT2D eigenvalue weighted by atomic mass is 10.3. The number of hydrogen-bond acceptors (Lipinski definition) is 8. The van der Waals surface area contributed by atoms with Gasteiger partial charge in [0.25, 0.3) is 0 Å². The Morgan fingerprint density at radius 2 is 1.64 bits per heavy atom. The van der Waals surface area contributed by atoms with E-state index in [1.165, 1.54) is 27.6 Å². The molecule has 0 aliphatic heterocycles. The number of amides is 4. The zero-order valence-corrected chi connectivity index (χ0v) is 24.6. The summed E-state index contributed by atoms with van der Waals surface area (Å²) in [5.74, 6) is 0.884. The first kappa shape index (κ1) is 27.9. The summed E-state index contributed by atoms with van der Waals surface area (Å²) < 4.78 is 8.41. The van der Waals surface area contributed by atoms with Crippen molar-refractivity contribution in [2.45, 2.75) is 13.8 Å². The van der Waals surface area contributed by atoms with E-state index >= 15 is 0 Å². The van der Waals surface area contributed by atoms with Crippen LogP contribution >= 0.6 is 54.5 Å². The smallest absolute Gasteiger partial charge is 0.323 e. The average Bonchev–Trinajstić information content (AvgIpc) is 3.46. The molecule has 14 heteroatoms. The van der Waals surface area contributed by atoms with E-state index < -0.39 is 0 Å². The molecule has 4 aromatic rings. The number of carbonyl (C=O) groups excluding carboxylic acids is 2. The average molecular weight is 660 g/mol. The summed E-state index contributed by atoms with van der Waals surface area (Å²) in [6, 6.07) is 6.81. The number of ether oxygens (including phenoxy) is 1. The maximum Gasteiger partial charge on any atom is 0.323 e. The van der Waals surface area contributed by atoms with Crippen LogP contribution in [0.3, 0.4) is 0 Å². The lowest BCUT2D eigenvalue weighted by molar-refractivity contribution is 0.248. The van der Waals surface area contributed by atoms with Gasteiger partial charge >= 0.3 is 12.1 Å². The summed E-state index contributed by atoms with van der Waals surface area (Å²) in [6.07, 6.45) is 0. The Kier molecular flexibility index (Phi) is 9.70. The minimum atomic E-state index is -0.301. The normalized spacial score (nSPS) is 10.5. The van der Waals surface area contributed by atoms with Crippen LogP contribution in [-0.2, 0) is 0 Å². The summed E-state index contributed by atoms with van der Waals surface area (Å²) in [7, 11) is 3.32. The van der Waals surface area contributed by atoms with Crippen molar-refractivity contribution in [3.63, 3.8) is 0 Å². The third-order valence-electron chi connectivity index (χ3n) is 4.62. The Bertz CT molecular complexity index is 1390. The predicted octanol–water partition coefficient (Wildman–Crippen LogP) is 6.14. The van der Waals surface area contributed by atoms with Crippen molar-refractivity contribution in [1.82, 2.24) is 20.6 Å². The van der Waals surface area contributed by atoms with Crippen LogP contribution < -0.4 is 25.6 Å². The van der Waals surface area contributed by atoms with Crippen LogP contribution in [0.1, 0.15) is 13.8 Å². The van der Waals surface area contributed by atoms with Gasteiger partial charge in [0.1, 0.15) is 5.75 Å². The molecule has 0 radical (unpaired) electrons. The van der Waals surface area contributed by atoms with Crippen molar-refractivity contribution in [2.24, 2.45) is 0 Å². The molecule has 4 amide bonds. The second-order valence-corrected chi connectivity index (χ2v) is 10.8. The number of halogens is 2. The molecule has 0 atom stereocenters. The monoisotopic (exact) mass is 658 g/mol. The number of nitrogens with zero attached hydrogens (tertiary/aromatic N) is 3. The van der Waals surface area contributed by atoms with Crippen LogP contribution in [0, 0.1) is 0 Å². The van der Waals surface area contributed by atoms with Gasteiger partial charge in [0.2, 0.25) is 0 Å². The van der Waals surface area contributed by atoms with Crippen molar-refractivity contribution in [2.75, 3.05) is 37.5 Å². The van der Waals surface area contributed by atoms with E-state index in [0.717, 1.165) is 20.4 Å². The van der Waals surface area contributed by atoms with E-state index in [-0.39, 0.29) is 17.8 Å². The Morgan fingerprint density at radius 3 is 2.28 bits per heavy atom. The van der Waals surface area contributed by atoms with Gasteiger partial charge < -0.3 is 20.5 Å². The van der Waals surface area contributed by atoms with Crippen molar-refractivity contribution in [3.05, 3.63) is 33.2 Å². The molecule has 10 nitrogen and oxygen atoms in total. The molecule has 36 heavy (non-hydrogen) atoms. The van der Waals surface area contributed by atoms with Crippen molar-refractivity contribution >= 4 is 97.3 Å². The highest BCUT2D eigenvalue weighted by Crippen LogP contribution is 2.40. The molecule has 2 aromatic carbocycles. The maximum absolute atomic E-state index is 11.8. The number of fused-ring (bicyclic) bond motifs is 2. The molecular weight excluding hydrogens is 636 g/mol. The number of aromatic nitrogens is 2. The van der Waals surface area contributed by atoms with Crippen molar-refractivity contribution in [3.8, 4) is 11.5 Å². The van der Waals surface area contributed by atoms with Gasteiger partial charge in [0.15, 0.2) is 16.0 Å². The predicted molar refractivity (Wildman–Crippen MR) is 153 cm³/mol. The number of aromatic hydroxyl groups is 1. The molecule has 0 saturated carbocycles. The van der Waals surface area contributed by atoms with E-state index in [1.54, 1.807) is 26.3 Å². The van der Waals surface area contributed by atoms with Gasteiger partial charge in [-0.15, -0.1) is 0 Å². The molecule has 0 spiro atoms. The molecule has 0 unspecified atom stereocenters. The summed E-state index contributed by atoms with van der Waals surface area (Å²) in [5.41, 5.74) is 1.47. The quantitative estimate of drug-likeness (QED) is 0.204. The van der Waals surface area contributed by atoms with Gasteiger partial charge in [-0.1, -0.05) is 22.7 Å². The number of benzene rings is 2. The molecule has 0 aliphatic rings. The van der Waals surface area contributed by atoms with Crippen LogP contribution in [0.4, 0.5) is 19.9 Å². The highest BCUT2D eigenvalue weighted by molar-refractivity contribution is 9.11. The first-order valence-corrected chi connectivity index (χ1v) is 13.9. The number of anilines is 2. The number of hydrogen-bond donors (Lipinski definition) is 4. The Labute approximate surface area is 232 Å². The number of nitrogens with one attached hydrogen (secondary N) is 3. The van der Waals surface area contributed by atoms with Crippen LogP contribution in [0.25, 0.3) is 20.4 Å². The van der Waals surface area contributed by atoms with E-state index in [9.17, 15) is 14.7 Å². The van der Waals surface area contributed by atoms with Crippen LogP contribution in [0.15, 0.2) is 33.2 Å². The number of methoxy groups -OCH3 is 1. The number of phenolic OH excluding ortho intramolecular Hbond substituents is 1. The lowest BCUT2D eigenvalue weighted by Crippen LogP contribution is -2.36. The second kappa shape index (κ2) is 12.5. The topological polar surface area (TPSA) is 129 Å². The largest absolute Gasteiger partial charge is 0.505 e. The van der Waals surface area contributed by atoms with Crippen LogP contribution in [-0.4, -0.2) is 54.4 Å². The molecule has 192 valence electrons. The molecule has 0 aliphatic carbocycles. The minimum Gasteiger partial charge on any atom is -0.505 e. The molecular formula is C22H24Br2N6O4S2. The summed E-state index contributed by atoms with van der Waals surface area (Å²) in [6.45, 7) is 4.85. The van der Waals surface area contributed by atoms with Gasteiger partial charge in [-0.05, 0) is 70.0 Å². The number of phenols is 1. The fourth-order valence-corrected chi connectivity index (χ4v) is 5.97. The fraction of sp³-hybridized carbons (Fsp3) is 0.273. The van der Waals surface area contributed by atoms with Gasteiger partial charge in [-0.25, -0.2) is 19.6 Å². The minimum absolute atomic E-state index is 0.143. The van der Waals surface area contributed by atoms with Crippen molar-refractivity contribution < 1.29 is 19.4 Å². The van der Waals surface area contributed by atoms with Gasteiger partial charge in [0, 0.05) is 20.1 Å². The molecule has 0 fully saturated rings. The SMILES string of the molecule is CCNC(=O)N(C)c1nc2ccc(Br)c(OC)c2s1.CCNC(=O)Nc1nc2ccc(Br)c(O)c2s1. The Morgan fingerprint density at radius 1 is 1.00 bits per heavy atom. The molecule has 4 N–H and O–H groups in total. The molecule has 4 rings (SSSR count). The van der Waals surface area contributed by atoms with E-state index in [1.807, 2.05) is 26.0 Å². The van der Waals surface area contributed by atoms with Crippen molar-refractivity contribution in [1.29, 1.82) is 0 Å². The molecule has 0 bridgehead atoms. The molecule has 2 heterocycles. The first-order chi connectivity index (χ1) is 17.2. The summed E-state index contributed by atoms with van der Waals surface area (Å²) in [4.78, 5) is 33.2. The number of rotatable bonds is 5. The standard InChI is InChI=1S/C12H14BrN3O2S.C10H10BrN3O2S/c1-4-14-11(17)16(2)12-15-8-6-5-7(13)9(18-3)10(8)19-12;1-2-12-9(16)14-10-13-6-4-3-5(11)7(15)8(6)17-10/h5-6H,4H2,1-3H3,(H,14,17);3-4,15H,2H2,1H3,(H2,12,13,14,16). The first-order valence-electron chi connectivity index (χ1n) is 10.7. The number of thiazole rings is 2. The summed E-state index contributed by atoms with van der Waals surface area (Å²) >= 11 is 9.32. The second-order valence-electron chi connectivity index (χ2n) is 7.07. The zero-order chi connectivity index (χ0) is 26.4. The van der Waals surface area contributed by atoms with Gasteiger partial charge in [0.05, 0.1) is 36.5 Å². The number of carbonyl (C=O) groups is 2. The third kappa shape index (κ3) is 6.35. The van der Waals surface area contributed by atoms with Gasteiger partial charge in [-0.3, -0.25) is 10.2 Å². The lowest BCUT2D eigenvalue weighted by Gasteiger charge is -2.13. The fourth-order valence-electron chi connectivity index (χ4n) is 2.93. The van der Waals surface area contributed by atoms with E-state index in [4.69, 9.17) is 4.74 Å². The summed E-state index contributed by atoms with van der Waals surface area (Å²) in [5, 5.41) is 18.9. The Balaban J connectivity index is 0.000000202. The highest BCUT2D eigenvalue weighted by Gasteiger charge is 2.17.